The molecule has 0 aliphatic rings. The zero-order valence-corrected chi connectivity index (χ0v) is 12.8. The molecule has 110 valence electrons. The minimum absolute atomic E-state index is 0.215. The molecule has 0 amide bonds. The number of nitrogens with zero attached hydrogens (tertiary/aromatic N) is 2. The van der Waals surface area contributed by atoms with Crippen LogP contribution in [0.1, 0.15) is 29.5 Å². The van der Waals surface area contributed by atoms with E-state index in [2.05, 4.69) is 41.6 Å². The first-order valence-corrected chi connectivity index (χ1v) is 7.31. The molecule has 0 spiro atoms. The quantitative estimate of drug-likeness (QED) is 0.780. The molecule has 0 radical (unpaired) electrons. The lowest BCUT2D eigenvalue weighted by molar-refractivity contribution is 0.430. The summed E-state index contributed by atoms with van der Waals surface area (Å²) < 4.78 is 7.92. The van der Waals surface area contributed by atoms with Crippen LogP contribution in [-0.4, -0.2) is 16.8 Å². The zero-order valence-electron chi connectivity index (χ0n) is 12.8. The van der Waals surface area contributed by atoms with Crippen LogP contribution in [-0.2, 0) is 13.5 Å². The maximum atomic E-state index is 5.99. The Bertz CT molecular complexity index is 741. The normalized spacial score (nSPS) is 12.9. The monoisotopic (exact) mass is 283 g/mol. The lowest BCUT2D eigenvalue weighted by Crippen LogP contribution is -2.17. The first-order valence-electron chi connectivity index (χ1n) is 7.31. The highest BCUT2D eigenvalue weighted by atomic mass is 16.3. The number of nitrogens with one attached hydrogen (secondary N) is 1. The predicted molar refractivity (Wildman–Crippen MR) is 84.3 cm³/mol. The van der Waals surface area contributed by atoms with Gasteiger partial charge in [0.1, 0.15) is 11.3 Å². The van der Waals surface area contributed by atoms with Crippen LogP contribution in [0, 0.1) is 6.92 Å². The van der Waals surface area contributed by atoms with Crippen LogP contribution in [0.5, 0.6) is 0 Å². The highest BCUT2D eigenvalue weighted by Crippen LogP contribution is 2.27. The zero-order chi connectivity index (χ0) is 14.8. The second-order valence-electron chi connectivity index (χ2n) is 5.52. The maximum absolute atomic E-state index is 5.99. The van der Waals surface area contributed by atoms with E-state index >= 15 is 0 Å². The number of aryl methyl sites for hydroxylation is 3. The molecule has 3 rings (SSSR count). The number of benzene rings is 1. The molecule has 0 fully saturated rings. The summed E-state index contributed by atoms with van der Waals surface area (Å²) in [7, 11) is 3.96. The topological polar surface area (TPSA) is 43.0 Å². The smallest absolute Gasteiger partial charge is 0.134 e. The highest BCUT2D eigenvalue weighted by molar-refractivity contribution is 5.78. The molecule has 0 saturated carbocycles. The van der Waals surface area contributed by atoms with Crippen molar-refractivity contribution in [1.82, 2.24) is 15.1 Å². The van der Waals surface area contributed by atoms with Crippen LogP contribution in [0.15, 0.2) is 40.9 Å². The number of fused-ring (bicyclic) bond motifs is 1. The van der Waals surface area contributed by atoms with Crippen LogP contribution < -0.4 is 5.32 Å². The molecule has 1 N–H and O–H groups in total. The Morgan fingerprint density at radius 1 is 1.29 bits per heavy atom. The second-order valence-corrected chi connectivity index (χ2v) is 5.52. The number of hydrogen-bond acceptors (Lipinski definition) is 3. The summed E-state index contributed by atoms with van der Waals surface area (Å²) in [6.45, 7) is 2.10. The summed E-state index contributed by atoms with van der Waals surface area (Å²) in [5.74, 6) is 1.00. The van der Waals surface area contributed by atoms with Gasteiger partial charge >= 0.3 is 0 Å². The molecule has 2 heterocycles. The molecule has 2 aromatic heterocycles. The fourth-order valence-electron chi connectivity index (χ4n) is 2.72. The first kappa shape index (κ1) is 13.9. The van der Waals surface area contributed by atoms with Gasteiger partial charge in [-0.2, -0.15) is 5.10 Å². The average Bonchev–Trinajstić information content (AvgIpc) is 3.05. The molecule has 21 heavy (non-hydrogen) atoms. The van der Waals surface area contributed by atoms with E-state index in [1.165, 1.54) is 16.6 Å². The molecule has 1 unspecified atom stereocenters. The molecular weight excluding hydrogens is 262 g/mol. The van der Waals surface area contributed by atoms with Crippen LogP contribution in [0.25, 0.3) is 11.0 Å². The summed E-state index contributed by atoms with van der Waals surface area (Å²) in [5.41, 5.74) is 3.45. The van der Waals surface area contributed by atoms with E-state index in [0.717, 1.165) is 24.2 Å². The van der Waals surface area contributed by atoms with Gasteiger partial charge in [-0.1, -0.05) is 11.6 Å². The van der Waals surface area contributed by atoms with Crippen molar-refractivity contribution < 1.29 is 4.42 Å². The van der Waals surface area contributed by atoms with E-state index in [1.54, 1.807) is 0 Å². The number of rotatable bonds is 5. The fourth-order valence-corrected chi connectivity index (χ4v) is 2.72. The predicted octanol–water partition coefficient (Wildman–Crippen LogP) is 3.37. The Hall–Kier alpha value is -2.07. The van der Waals surface area contributed by atoms with Gasteiger partial charge in [0, 0.05) is 24.3 Å². The third-order valence-electron chi connectivity index (χ3n) is 3.99. The molecule has 0 aliphatic heterocycles. The highest BCUT2D eigenvalue weighted by Gasteiger charge is 2.15. The molecule has 4 heteroatoms. The third-order valence-corrected chi connectivity index (χ3v) is 3.99. The van der Waals surface area contributed by atoms with Crippen LogP contribution in [0.2, 0.25) is 0 Å². The number of aromatic nitrogens is 2. The van der Waals surface area contributed by atoms with E-state index in [1.807, 2.05) is 31.0 Å². The maximum Gasteiger partial charge on any atom is 0.134 e. The molecular formula is C17H21N3O. The molecule has 1 aromatic carbocycles. The van der Waals surface area contributed by atoms with Gasteiger partial charge in [0.05, 0.1) is 6.04 Å². The largest absolute Gasteiger partial charge is 0.459 e. The fraction of sp³-hybridized carbons (Fsp3) is 0.353. The van der Waals surface area contributed by atoms with E-state index in [4.69, 9.17) is 4.42 Å². The van der Waals surface area contributed by atoms with Gasteiger partial charge in [0.2, 0.25) is 0 Å². The summed E-state index contributed by atoms with van der Waals surface area (Å²) in [4.78, 5) is 0. The van der Waals surface area contributed by atoms with Crippen molar-refractivity contribution in [2.45, 2.75) is 25.8 Å². The van der Waals surface area contributed by atoms with Crippen molar-refractivity contribution in [3.05, 3.63) is 53.5 Å². The van der Waals surface area contributed by atoms with Crippen molar-refractivity contribution in [2.75, 3.05) is 7.05 Å². The van der Waals surface area contributed by atoms with Crippen molar-refractivity contribution in [1.29, 1.82) is 0 Å². The molecule has 4 nitrogen and oxygen atoms in total. The van der Waals surface area contributed by atoms with Crippen molar-refractivity contribution in [2.24, 2.45) is 7.05 Å². The SMILES string of the molecule is CNC(CCc1ccnn1C)c1cc2cc(C)ccc2o1. The molecule has 0 bridgehead atoms. The Morgan fingerprint density at radius 3 is 2.86 bits per heavy atom. The minimum Gasteiger partial charge on any atom is -0.459 e. The summed E-state index contributed by atoms with van der Waals surface area (Å²) in [5, 5.41) is 8.73. The number of furan rings is 1. The summed E-state index contributed by atoms with van der Waals surface area (Å²) in [6, 6.07) is 10.7. The Kier molecular flexibility index (Phi) is 3.80. The van der Waals surface area contributed by atoms with Gasteiger partial charge in [-0.05, 0) is 51.1 Å². The van der Waals surface area contributed by atoms with Gasteiger partial charge in [0.25, 0.3) is 0 Å². The third kappa shape index (κ3) is 2.85. The van der Waals surface area contributed by atoms with Crippen LogP contribution in [0.4, 0.5) is 0 Å². The Morgan fingerprint density at radius 2 is 2.14 bits per heavy atom. The van der Waals surface area contributed by atoms with Crippen molar-refractivity contribution >= 4 is 11.0 Å². The van der Waals surface area contributed by atoms with E-state index in [0.29, 0.717) is 0 Å². The average molecular weight is 283 g/mol. The molecule has 0 saturated heterocycles. The van der Waals surface area contributed by atoms with E-state index in [-0.39, 0.29) is 6.04 Å². The Balaban J connectivity index is 1.79. The minimum atomic E-state index is 0.215. The lowest BCUT2D eigenvalue weighted by atomic mass is 10.1. The van der Waals surface area contributed by atoms with Gasteiger partial charge in [-0.3, -0.25) is 4.68 Å². The lowest BCUT2D eigenvalue weighted by Gasteiger charge is -2.13. The van der Waals surface area contributed by atoms with Crippen LogP contribution >= 0.6 is 0 Å². The van der Waals surface area contributed by atoms with Crippen LogP contribution in [0.3, 0.4) is 0 Å². The first-order chi connectivity index (χ1) is 10.2. The van der Waals surface area contributed by atoms with E-state index in [9.17, 15) is 0 Å². The van der Waals surface area contributed by atoms with Crippen molar-refractivity contribution in [3.8, 4) is 0 Å². The molecule has 0 aliphatic carbocycles. The standard InChI is InChI=1S/C17H21N3O/c1-12-4-7-16-13(10-12)11-17(21-16)15(18-2)6-5-14-8-9-19-20(14)3/h4,7-11,15,18H,5-6H2,1-3H3. The van der Waals surface area contributed by atoms with Crippen molar-refractivity contribution in [3.63, 3.8) is 0 Å². The summed E-state index contributed by atoms with van der Waals surface area (Å²) >= 11 is 0. The Labute approximate surface area is 124 Å². The van der Waals surface area contributed by atoms with E-state index < -0.39 is 0 Å². The van der Waals surface area contributed by atoms with Gasteiger partial charge in [0.15, 0.2) is 0 Å². The molecule has 1 atom stereocenters. The van der Waals surface area contributed by atoms with Gasteiger partial charge in [-0.25, -0.2) is 0 Å². The van der Waals surface area contributed by atoms with Gasteiger partial charge < -0.3 is 9.73 Å². The summed E-state index contributed by atoms with van der Waals surface area (Å²) in [6.07, 6.45) is 3.79. The second kappa shape index (κ2) is 5.74. The van der Waals surface area contributed by atoms with Gasteiger partial charge in [-0.15, -0.1) is 0 Å². The molecule has 3 aromatic rings. The number of hydrogen-bond donors (Lipinski definition) is 1.